The minimum Gasteiger partial charge on any atom is -0.496 e. The van der Waals surface area contributed by atoms with Crippen LogP contribution in [0.2, 0.25) is 0 Å². The van der Waals surface area contributed by atoms with E-state index in [-0.39, 0.29) is 5.97 Å². The number of para-hydroxylation sites is 1. The van der Waals surface area contributed by atoms with Gasteiger partial charge in [0.25, 0.3) is 0 Å². The third-order valence-corrected chi connectivity index (χ3v) is 3.77. The maximum Gasteiger partial charge on any atom is 0.338 e. The van der Waals surface area contributed by atoms with E-state index < -0.39 is 0 Å². The zero-order chi connectivity index (χ0) is 18.1. The second-order valence-electron chi connectivity index (χ2n) is 5.24. The molecule has 0 saturated carbocycles. The van der Waals surface area contributed by atoms with Crippen LogP contribution in [0.5, 0.6) is 5.75 Å². The molecule has 2 N–H and O–H groups in total. The van der Waals surface area contributed by atoms with Crippen LogP contribution in [0.1, 0.15) is 22.8 Å². The Morgan fingerprint density at radius 3 is 2.52 bits per heavy atom. The maximum atomic E-state index is 11.6. The van der Waals surface area contributed by atoms with Crippen LogP contribution in [0.4, 0.5) is 5.69 Å². The van der Waals surface area contributed by atoms with Gasteiger partial charge in [-0.25, -0.2) is 4.79 Å². The van der Waals surface area contributed by atoms with E-state index in [4.69, 9.17) is 21.7 Å². The number of carbonyl (C=O) groups excluding carboxylic acids is 1. The first-order valence-corrected chi connectivity index (χ1v) is 8.48. The predicted octanol–water partition coefficient (Wildman–Crippen LogP) is 3.40. The molecule has 2 aromatic rings. The number of esters is 1. The van der Waals surface area contributed by atoms with E-state index in [1.165, 1.54) is 0 Å². The summed E-state index contributed by atoms with van der Waals surface area (Å²) in [6.45, 7) is 2.83. The highest BCUT2D eigenvalue weighted by Gasteiger charge is 2.06. The van der Waals surface area contributed by atoms with Crippen LogP contribution in [0, 0.1) is 0 Å². The molecule has 25 heavy (non-hydrogen) atoms. The maximum absolute atomic E-state index is 11.6. The van der Waals surface area contributed by atoms with Crippen LogP contribution in [-0.2, 0) is 11.2 Å². The van der Waals surface area contributed by atoms with Crippen molar-refractivity contribution in [2.24, 2.45) is 0 Å². The minimum absolute atomic E-state index is 0.327. The highest BCUT2D eigenvalue weighted by molar-refractivity contribution is 7.80. The molecule has 0 aliphatic rings. The average Bonchev–Trinajstić information content (AvgIpc) is 2.63. The van der Waals surface area contributed by atoms with Gasteiger partial charge in [0.05, 0.1) is 19.3 Å². The highest BCUT2D eigenvalue weighted by Crippen LogP contribution is 2.17. The fraction of sp³-hybridized carbons (Fsp3) is 0.263. The van der Waals surface area contributed by atoms with Gasteiger partial charge in [-0.15, -0.1) is 0 Å². The molecule has 132 valence electrons. The van der Waals surface area contributed by atoms with Gasteiger partial charge in [-0.2, -0.15) is 0 Å². The van der Waals surface area contributed by atoms with Crippen molar-refractivity contribution < 1.29 is 14.3 Å². The third kappa shape index (κ3) is 5.76. The van der Waals surface area contributed by atoms with Crippen LogP contribution in [-0.4, -0.2) is 31.3 Å². The Bertz CT molecular complexity index is 717. The van der Waals surface area contributed by atoms with E-state index in [0.29, 0.717) is 23.8 Å². The van der Waals surface area contributed by atoms with Gasteiger partial charge >= 0.3 is 5.97 Å². The Kier molecular flexibility index (Phi) is 7.22. The summed E-state index contributed by atoms with van der Waals surface area (Å²) in [7, 11) is 1.67. The van der Waals surface area contributed by atoms with Crippen LogP contribution in [0.3, 0.4) is 0 Å². The van der Waals surface area contributed by atoms with Gasteiger partial charge in [-0.05, 0) is 61.5 Å². The summed E-state index contributed by atoms with van der Waals surface area (Å²) in [5, 5.41) is 6.78. The summed E-state index contributed by atoms with van der Waals surface area (Å²) in [6, 6.07) is 14.9. The summed E-state index contributed by atoms with van der Waals surface area (Å²) in [6.07, 6.45) is 0.799. The van der Waals surface area contributed by atoms with Crippen molar-refractivity contribution in [3.8, 4) is 5.75 Å². The largest absolute Gasteiger partial charge is 0.496 e. The van der Waals surface area contributed by atoms with Crippen molar-refractivity contribution in [3.05, 3.63) is 59.7 Å². The van der Waals surface area contributed by atoms with Gasteiger partial charge in [0, 0.05) is 12.2 Å². The van der Waals surface area contributed by atoms with E-state index in [0.717, 1.165) is 23.4 Å². The second-order valence-corrected chi connectivity index (χ2v) is 5.65. The third-order valence-electron chi connectivity index (χ3n) is 3.53. The SMILES string of the molecule is CCOC(=O)c1ccc(NC(=S)NCCc2ccccc2OC)cc1. The first-order valence-electron chi connectivity index (χ1n) is 8.08. The van der Waals surface area contributed by atoms with Crippen LogP contribution in [0.15, 0.2) is 48.5 Å². The van der Waals surface area contributed by atoms with Crippen molar-refractivity contribution in [2.75, 3.05) is 25.6 Å². The zero-order valence-electron chi connectivity index (χ0n) is 14.4. The molecular weight excluding hydrogens is 336 g/mol. The Morgan fingerprint density at radius 1 is 1.12 bits per heavy atom. The number of hydrogen-bond acceptors (Lipinski definition) is 4. The lowest BCUT2D eigenvalue weighted by Gasteiger charge is -2.12. The number of anilines is 1. The fourth-order valence-corrected chi connectivity index (χ4v) is 2.52. The Labute approximate surface area is 153 Å². The first kappa shape index (κ1) is 18.7. The number of rotatable bonds is 7. The van der Waals surface area contributed by atoms with E-state index in [9.17, 15) is 4.79 Å². The van der Waals surface area contributed by atoms with Gasteiger partial charge in [0.15, 0.2) is 5.11 Å². The normalized spacial score (nSPS) is 10.0. The summed E-state index contributed by atoms with van der Waals surface area (Å²) in [5.74, 6) is 0.546. The van der Waals surface area contributed by atoms with Crippen molar-refractivity contribution >= 4 is 29.0 Å². The standard InChI is InChI=1S/C19H22N2O3S/c1-3-24-18(22)15-8-10-16(11-9-15)21-19(25)20-13-12-14-6-4-5-7-17(14)23-2/h4-11H,3,12-13H2,1-2H3,(H2,20,21,25). The van der Waals surface area contributed by atoms with Crippen molar-refractivity contribution in [2.45, 2.75) is 13.3 Å². The summed E-state index contributed by atoms with van der Waals surface area (Å²) >= 11 is 5.29. The molecule has 0 fully saturated rings. The monoisotopic (exact) mass is 358 g/mol. The van der Waals surface area contributed by atoms with Crippen LogP contribution < -0.4 is 15.4 Å². The average molecular weight is 358 g/mol. The lowest BCUT2D eigenvalue weighted by Crippen LogP contribution is -2.30. The predicted molar refractivity (Wildman–Crippen MR) is 103 cm³/mol. The number of methoxy groups -OCH3 is 1. The number of nitrogens with one attached hydrogen (secondary N) is 2. The van der Waals surface area contributed by atoms with Crippen molar-refractivity contribution in [1.82, 2.24) is 5.32 Å². The molecule has 0 aromatic heterocycles. The van der Waals surface area contributed by atoms with Gasteiger partial charge < -0.3 is 20.1 Å². The molecule has 6 heteroatoms. The van der Waals surface area contributed by atoms with Crippen molar-refractivity contribution in [3.63, 3.8) is 0 Å². The lowest BCUT2D eigenvalue weighted by molar-refractivity contribution is 0.0526. The Balaban J connectivity index is 1.81. The fourth-order valence-electron chi connectivity index (χ4n) is 2.30. The van der Waals surface area contributed by atoms with Crippen LogP contribution >= 0.6 is 12.2 Å². The van der Waals surface area contributed by atoms with Crippen molar-refractivity contribution in [1.29, 1.82) is 0 Å². The second kappa shape index (κ2) is 9.64. The molecule has 0 saturated heterocycles. The first-order chi connectivity index (χ1) is 12.1. The number of benzene rings is 2. The van der Waals surface area contributed by atoms with Crippen LogP contribution in [0.25, 0.3) is 0 Å². The molecule has 2 aromatic carbocycles. The van der Waals surface area contributed by atoms with Gasteiger partial charge in [-0.3, -0.25) is 0 Å². The summed E-state index contributed by atoms with van der Waals surface area (Å²) < 4.78 is 10.3. The number of ether oxygens (including phenoxy) is 2. The summed E-state index contributed by atoms with van der Waals surface area (Å²) in [4.78, 5) is 11.6. The molecular formula is C19H22N2O3S. The topological polar surface area (TPSA) is 59.6 Å². The lowest BCUT2D eigenvalue weighted by atomic mass is 10.1. The van der Waals surface area contributed by atoms with E-state index >= 15 is 0 Å². The molecule has 0 heterocycles. The molecule has 5 nitrogen and oxygen atoms in total. The Morgan fingerprint density at radius 2 is 1.84 bits per heavy atom. The van der Waals surface area contributed by atoms with Gasteiger partial charge in [0.2, 0.25) is 0 Å². The molecule has 0 atom stereocenters. The zero-order valence-corrected chi connectivity index (χ0v) is 15.2. The number of carbonyl (C=O) groups is 1. The smallest absolute Gasteiger partial charge is 0.338 e. The molecule has 2 rings (SSSR count). The molecule has 0 bridgehead atoms. The van der Waals surface area contributed by atoms with Gasteiger partial charge in [0.1, 0.15) is 5.75 Å². The molecule has 0 unspecified atom stereocenters. The molecule has 0 aliphatic carbocycles. The van der Waals surface area contributed by atoms with E-state index in [1.807, 2.05) is 24.3 Å². The number of thiocarbonyl (C=S) groups is 1. The number of hydrogen-bond donors (Lipinski definition) is 2. The quantitative estimate of drug-likeness (QED) is 0.584. The molecule has 0 spiro atoms. The van der Waals surface area contributed by atoms with E-state index in [1.54, 1.807) is 38.3 Å². The van der Waals surface area contributed by atoms with E-state index in [2.05, 4.69) is 10.6 Å². The highest BCUT2D eigenvalue weighted by atomic mass is 32.1. The molecule has 0 aliphatic heterocycles. The molecule has 0 radical (unpaired) electrons. The Hall–Kier alpha value is -2.60. The van der Waals surface area contributed by atoms with Gasteiger partial charge in [-0.1, -0.05) is 18.2 Å². The summed E-state index contributed by atoms with van der Waals surface area (Å²) in [5.41, 5.74) is 2.45. The minimum atomic E-state index is -0.327. The molecule has 0 amide bonds.